The van der Waals surface area contributed by atoms with E-state index in [0.717, 1.165) is 35.2 Å². The Balaban J connectivity index is 0.000000706. The topological polar surface area (TPSA) is 96.3 Å². The number of rotatable bonds is 4. The minimum Gasteiger partial charge on any atom is -0.422 e. The molecule has 0 saturated carbocycles. The number of para-hydroxylation sites is 2. The molecule has 142 valence electrons. The minimum atomic E-state index is -0.386. The van der Waals surface area contributed by atoms with Crippen molar-refractivity contribution in [3.63, 3.8) is 0 Å². The lowest BCUT2D eigenvalue weighted by Gasteiger charge is -2.20. The van der Waals surface area contributed by atoms with Crippen LogP contribution in [0, 0.1) is 0 Å². The third-order valence-corrected chi connectivity index (χ3v) is 4.49. The summed E-state index contributed by atoms with van der Waals surface area (Å²) in [7, 11) is 0. The molecule has 0 spiro atoms. The van der Waals surface area contributed by atoms with E-state index >= 15 is 0 Å². The van der Waals surface area contributed by atoms with Crippen LogP contribution in [0.5, 0.6) is 0 Å². The molecule has 0 atom stereocenters. The Morgan fingerprint density at radius 1 is 1.07 bits per heavy atom. The normalized spacial score (nSPS) is 10.4. The molecule has 0 unspecified atom stereocenters. The van der Waals surface area contributed by atoms with Crippen LogP contribution >= 0.6 is 0 Å². The number of imidazole rings is 1. The number of anilines is 1. The first kappa shape index (κ1) is 19.1. The molecule has 0 aliphatic rings. The first-order valence-electron chi connectivity index (χ1n) is 8.88. The summed E-state index contributed by atoms with van der Waals surface area (Å²) in [6.07, 6.45) is 0.250. The number of benzene rings is 2. The lowest BCUT2D eigenvalue weighted by atomic mass is 10.1. The van der Waals surface area contributed by atoms with Crippen molar-refractivity contribution in [1.29, 1.82) is 0 Å². The van der Waals surface area contributed by atoms with Crippen molar-refractivity contribution in [1.82, 2.24) is 9.97 Å². The Labute approximate surface area is 160 Å². The van der Waals surface area contributed by atoms with Crippen LogP contribution in [0.4, 0.5) is 5.69 Å². The molecule has 0 saturated heterocycles. The maximum Gasteiger partial charge on any atom is 0.373 e. The summed E-state index contributed by atoms with van der Waals surface area (Å²) >= 11 is 0. The van der Waals surface area contributed by atoms with Crippen molar-refractivity contribution < 1.29 is 14.0 Å². The number of fused-ring (bicyclic) bond motifs is 2. The molecule has 0 aliphatic carbocycles. The van der Waals surface area contributed by atoms with E-state index in [1.165, 1.54) is 0 Å². The van der Waals surface area contributed by atoms with E-state index in [0.29, 0.717) is 17.0 Å². The van der Waals surface area contributed by atoms with E-state index in [1.807, 2.05) is 42.5 Å². The predicted molar refractivity (Wildman–Crippen MR) is 106 cm³/mol. The monoisotopic (exact) mass is 377 g/mol. The van der Waals surface area contributed by atoms with Crippen molar-refractivity contribution in [2.24, 2.45) is 0 Å². The highest BCUT2D eigenvalue weighted by Crippen LogP contribution is 2.25. The van der Waals surface area contributed by atoms with Crippen LogP contribution in [0.2, 0.25) is 0 Å². The lowest BCUT2D eigenvalue weighted by molar-refractivity contribution is -0.191. The predicted octanol–water partition coefficient (Wildman–Crippen LogP) is 3.60. The molecule has 2 aromatic carbocycles. The molecular formula is C21H19N3O4. The van der Waals surface area contributed by atoms with Gasteiger partial charge < -0.3 is 14.3 Å². The molecule has 7 nitrogen and oxygen atoms in total. The van der Waals surface area contributed by atoms with Gasteiger partial charge in [0.2, 0.25) is 0 Å². The van der Waals surface area contributed by atoms with Gasteiger partial charge in [-0.05, 0) is 44.2 Å². The second kappa shape index (κ2) is 8.33. The molecule has 0 bridgehead atoms. The van der Waals surface area contributed by atoms with E-state index in [4.69, 9.17) is 14.0 Å². The number of hydrogen-bond acceptors (Lipinski definition) is 6. The summed E-state index contributed by atoms with van der Waals surface area (Å²) in [6.45, 7) is 6.02. The van der Waals surface area contributed by atoms with Crippen molar-refractivity contribution in [3.05, 3.63) is 59.0 Å². The third kappa shape index (κ3) is 3.70. The molecule has 0 amide bonds. The molecule has 28 heavy (non-hydrogen) atoms. The van der Waals surface area contributed by atoms with E-state index < -0.39 is 0 Å². The van der Waals surface area contributed by atoms with Gasteiger partial charge in [0.1, 0.15) is 17.0 Å². The Bertz CT molecular complexity index is 1170. The largest absolute Gasteiger partial charge is 0.422 e. The average Bonchev–Trinajstić information content (AvgIpc) is 3.13. The van der Waals surface area contributed by atoms with Gasteiger partial charge in [-0.3, -0.25) is 0 Å². The maximum atomic E-state index is 12.5. The van der Waals surface area contributed by atoms with Crippen molar-refractivity contribution in [2.45, 2.75) is 13.8 Å². The second-order valence-corrected chi connectivity index (χ2v) is 6.03. The van der Waals surface area contributed by atoms with Crippen molar-refractivity contribution in [3.8, 4) is 11.4 Å². The van der Waals surface area contributed by atoms with Gasteiger partial charge in [0.25, 0.3) is 0 Å². The molecule has 0 radical (unpaired) electrons. The summed E-state index contributed by atoms with van der Waals surface area (Å²) in [6, 6.07) is 15.5. The van der Waals surface area contributed by atoms with Crippen LogP contribution < -0.4 is 10.5 Å². The van der Waals surface area contributed by atoms with Gasteiger partial charge in [-0.2, -0.15) is 9.59 Å². The van der Waals surface area contributed by atoms with Crippen LogP contribution in [-0.4, -0.2) is 29.2 Å². The summed E-state index contributed by atoms with van der Waals surface area (Å²) in [5, 5.41) is 0.881. The molecule has 4 rings (SSSR count). The molecule has 2 aromatic heterocycles. The smallest absolute Gasteiger partial charge is 0.373 e. The summed E-state index contributed by atoms with van der Waals surface area (Å²) in [4.78, 5) is 38.6. The highest BCUT2D eigenvalue weighted by Gasteiger charge is 2.13. The van der Waals surface area contributed by atoms with E-state index in [9.17, 15) is 4.79 Å². The van der Waals surface area contributed by atoms with E-state index in [1.54, 1.807) is 0 Å². The van der Waals surface area contributed by atoms with Crippen LogP contribution in [0.3, 0.4) is 0 Å². The Morgan fingerprint density at radius 2 is 1.79 bits per heavy atom. The van der Waals surface area contributed by atoms with Gasteiger partial charge in [-0.25, -0.2) is 9.78 Å². The molecule has 4 aromatic rings. The quantitative estimate of drug-likeness (QED) is 0.546. The molecule has 0 fully saturated rings. The minimum absolute atomic E-state index is 0.250. The Hall–Kier alpha value is -3.70. The Kier molecular flexibility index (Phi) is 5.67. The number of nitrogens with zero attached hydrogens (tertiary/aromatic N) is 2. The number of nitrogens with one attached hydrogen (secondary N) is 1. The highest BCUT2D eigenvalue weighted by atomic mass is 16.4. The molecule has 2 heterocycles. The fourth-order valence-electron chi connectivity index (χ4n) is 3.13. The molecular weight excluding hydrogens is 358 g/mol. The standard InChI is InChI=1S/C20H19N3O2.CO2/c1-3-23(4-2)14-10-9-13-11-15(20(24)25-18(13)12-14)19-21-16-7-5-6-8-17(16)22-19;2-1-3/h5-12H,3-4H2,1-2H3,(H,21,22);. The number of hydrogen-bond donors (Lipinski definition) is 1. The van der Waals surface area contributed by atoms with Gasteiger partial charge in [0, 0.05) is 30.2 Å². The number of carbonyl (C=O) groups excluding carboxylic acids is 2. The van der Waals surface area contributed by atoms with Gasteiger partial charge in [-0.15, -0.1) is 0 Å². The van der Waals surface area contributed by atoms with Gasteiger partial charge in [0.05, 0.1) is 11.0 Å². The van der Waals surface area contributed by atoms with Gasteiger partial charge in [0.15, 0.2) is 0 Å². The maximum absolute atomic E-state index is 12.5. The lowest BCUT2D eigenvalue weighted by Crippen LogP contribution is -2.21. The fourth-order valence-corrected chi connectivity index (χ4v) is 3.13. The van der Waals surface area contributed by atoms with Crippen molar-refractivity contribution in [2.75, 3.05) is 18.0 Å². The highest BCUT2D eigenvalue weighted by molar-refractivity contribution is 5.85. The van der Waals surface area contributed by atoms with Crippen LogP contribution in [0.15, 0.2) is 57.7 Å². The van der Waals surface area contributed by atoms with E-state index in [2.05, 4.69) is 34.8 Å². The van der Waals surface area contributed by atoms with Crippen molar-refractivity contribution >= 4 is 33.8 Å². The zero-order valence-electron chi connectivity index (χ0n) is 15.6. The first-order chi connectivity index (χ1) is 13.6. The average molecular weight is 377 g/mol. The number of aromatic nitrogens is 2. The van der Waals surface area contributed by atoms with Gasteiger partial charge in [-0.1, -0.05) is 12.1 Å². The fraction of sp³-hybridized carbons (Fsp3) is 0.190. The Morgan fingerprint density at radius 3 is 2.46 bits per heavy atom. The summed E-state index contributed by atoms with van der Waals surface area (Å²) in [5.74, 6) is 0.532. The van der Waals surface area contributed by atoms with Crippen LogP contribution in [0.1, 0.15) is 13.8 Å². The van der Waals surface area contributed by atoms with E-state index in [-0.39, 0.29) is 11.8 Å². The SMILES string of the molecule is CCN(CC)c1ccc2cc(-c3nc4ccccc4[nH]3)c(=O)oc2c1.O=C=O. The summed E-state index contributed by atoms with van der Waals surface area (Å²) in [5.41, 5.74) is 3.43. The molecule has 1 N–H and O–H groups in total. The zero-order chi connectivity index (χ0) is 20.1. The number of H-pyrrole nitrogens is 1. The molecule has 0 aliphatic heterocycles. The third-order valence-electron chi connectivity index (χ3n) is 4.49. The summed E-state index contributed by atoms with van der Waals surface area (Å²) < 4.78 is 5.58. The zero-order valence-corrected chi connectivity index (χ0v) is 15.6. The van der Waals surface area contributed by atoms with Crippen LogP contribution in [-0.2, 0) is 9.59 Å². The van der Waals surface area contributed by atoms with Gasteiger partial charge >= 0.3 is 11.8 Å². The second-order valence-electron chi connectivity index (χ2n) is 6.03. The van der Waals surface area contributed by atoms with Crippen LogP contribution in [0.25, 0.3) is 33.4 Å². The number of aromatic amines is 1. The first-order valence-corrected chi connectivity index (χ1v) is 8.88. The molecule has 7 heteroatoms.